The minimum absolute atomic E-state index is 0.0611. The maximum Gasteiger partial charge on any atom is 0.123 e. The number of halogens is 1. The van der Waals surface area contributed by atoms with E-state index in [0.29, 0.717) is 0 Å². The summed E-state index contributed by atoms with van der Waals surface area (Å²) in [6, 6.07) is 8.45. The summed E-state index contributed by atoms with van der Waals surface area (Å²) in [6.45, 7) is 6.35. The van der Waals surface area contributed by atoms with E-state index in [1.807, 2.05) is 0 Å². The molecular weight excluding hydrogens is 276 g/mol. The molecule has 0 saturated heterocycles. The van der Waals surface area contributed by atoms with Crippen molar-refractivity contribution in [2.45, 2.75) is 38.2 Å². The molecule has 1 atom stereocenters. The Kier molecular flexibility index (Phi) is 3.11. The highest BCUT2D eigenvalue weighted by atomic mass is 35.5. The number of ether oxygens (including phenoxy) is 1. The van der Waals surface area contributed by atoms with E-state index >= 15 is 0 Å². The monoisotopic (exact) mass is 292 g/mol. The highest BCUT2D eigenvalue weighted by molar-refractivity contribution is 7.10. The molecule has 3 rings (SSSR count). The van der Waals surface area contributed by atoms with Crippen LogP contribution in [0.15, 0.2) is 29.6 Å². The molecule has 19 heavy (non-hydrogen) atoms. The molecule has 100 valence electrons. The van der Waals surface area contributed by atoms with Gasteiger partial charge in [-0.1, -0.05) is 12.1 Å². The zero-order valence-electron chi connectivity index (χ0n) is 11.4. The van der Waals surface area contributed by atoms with Crippen molar-refractivity contribution in [3.8, 4) is 5.75 Å². The molecule has 0 saturated carbocycles. The summed E-state index contributed by atoms with van der Waals surface area (Å²) in [5.41, 5.74) is 3.60. The fourth-order valence-corrected chi connectivity index (χ4v) is 3.97. The Balaban J connectivity index is 1.94. The molecule has 2 heterocycles. The largest absolute Gasteiger partial charge is 0.487 e. The SMILES string of the molecule is Cc1ccsc1C(Cl)c1ccc2c(c1)CC(C)(C)O2. The molecule has 1 unspecified atom stereocenters. The second kappa shape index (κ2) is 4.53. The number of alkyl halides is 1. The molecule has 2 aromatic rings. The van der Waals surface area contributed by atoms with Crippen LogP contribution in [0.5, 0.6) is 5.75 Å². The first kappa shape index (κ1) is 13.0. The number of hydrogen-bond acceptors (Lipinski definition) is 2. The molecule has 0 N–H and O–H groups in total. The molecule has 0 spiro atoms. The molecule has 1 nitrogen and oxygen atoms in total. The maximum atomic E-state index is 6.62. The number of aryl methyl sites for hydroxylation is 1. The highest BCUT2D eigenvalue weighted by Crippen LogP contribution is 2.40. The van der Waals surface area contributed by atoms with Crippen LogP contribution in [0, 0.1) is 6.92 Å². The number of rotatable bonds is 2. The summed E-state index contributed by atoms with van der Waals surface area (Å²) in [4.78, 5) is 1.24. The van der Waals surface area contributed by atoms with Crippen molar-refractivity contribution >= 4 is 22.9 Å². The standard InChI is InChI=1S/C16H17ClOS/c1-10-6-7-19-15(10)14(17)11-4-5-13-12(8-11)9-16(2,3)18-13/h4-8,14H,9H2,1-3H3. The lowest BCUT2D eigenvalue weighted by Crippen LogP contribution is -2.24. The van der Waals surface area contributed by atoms with Gasteiger partial charge in [0, 0.05) is 11.3 Å². The Morgan fingerprint density at radius 3 is 2.79 bits per heavy atom. The predicted molar refractivity (Wildman–Crippen MR) is 81.6 cm³/mol. The number of hydrogen-bond donors (Lipinski definition) is 0. The number of benzene rings is 1. The van der Waals surface area contributed by atoms with E-state index in [2.05, 4.69) is 50.4 Å². The van der Waals surface area contributed by atoms with E-state index in [1.54, 1.807) is 11.3 Å². The van der Waals surface area contributed by atoms with Crippen molar-refractivity contribution in [3.63, 3.8) is 0 Å². The van der Waals surface area contributed by atoms with E-state index in [4.69, 9.17) is 16.3 Å². The molecular formula is C16H17ClOS. The maximum absolute atomic E-state index is 6.62. The quantitative estimate of drug-likeness (QED) is 0.700. The van der Waals surface area contributed by atoms with Crippen LogP contribution in [0.3, 0.4) is 0 Å². The molecule has 0 radical (unpaired) electrons. The van der Waals surface area contributed by atoms with Crippen LogP contribution >= 0.6 is 22.9 Å². The van der Waals surface area contributed by atoms with Crippen molar-refractivity contribution in [3.05, 3.63) is 51.2 Å². The van der Waals surface area contributed by atoms with Gasteiger partial charge in [0.2, 0.25) is 0 Å². The first-order valence-corrected chi connectivity index (χ1v) is 7.78. The van der Waals surface area contributed by atoms with Gasteiger partial charge >= 0.3 is 0 Å². The van der Waals surface area contributed by atoms with Crippen LogP contribution in [-0.4, -0.2) is 5.60 Å². The van der Waals surface area contributed by atoms with E-state index in [0.717, 1.165) is 17.7 Å². The van der Waals surface area contributed by atoms with Crippen molar-refractivity contribution in [1.29, 1.82) is 0 Å². The fraction of sp³-hybridized carbons (Fsp3) is 0.375. The third-order valence-corrected chi connectivity index (χ3v) is 5.19. The van der Waals surface area contributed by atoms with Gasteiger partial charge in [0.05, 0.1) is 5.38 Å². The first-order chi connectivity index (χ1) is 8.96. The van der Waals surface area contributed by atoms with Gasteiger partial charge < -0.3 is 4.74 Å². The van der Waals surface area contributed by atoms with Crippen molar-refractivity contribution in [2.24, 2.45) is 0 Å². The van der Waals surface area contributed by atoms with Gasteiger partial charge in [0.15, 0.2) is 0 Å². The smallest absolute Gasteiger partial charge is 0.123 e. The van der Waals surface area contributed by atoms with Gasteiger partial charge in [-0.05, 0) is 55.0 Å². The summed E-state index contributed by atoms with van der Waals surface area (Å²) in [7, 11) is 0. The Labute approximate surface area is 123 Å². The van der Waals surface area contributed by atoms with Gasteiger partial charge in [0.25, 0.3) is 0 Å². The zero-order valence-corrected chi connectivity index (χ0v) is 12.9. The van der Waals surface area contributed by atoms with Gasteiger partial charge in [-0.2, -0.15) is 0 Å². The van der Waals surface area contributed by atoms with Gasteiger partial charge in [-0.25, -0.2) is 0 Å². The summed E-state index contributed by atoms with van der Waals surface area (Å²) in [5, 5.41) is 2.04. The van der Waals surface area contributed by atoms with Crippen molar-refractivity contribution in [2.75, 3.05) is 0 Å². The molecule has 0 amide bonds. The molecule has 0 fully saturated rings. The zero-order chi connectivity index (χ0) is 13.6. The average molecular weight is 293 g/mol. The minimum atomic E-state index is -0.0956. The van der Waals surface area contributed by atoms with Crippen LogP contribution in [0.4, 0.5) is 0 Å². The molecule has 3 heteroatoms. The fourth-order valence-electron chi connectivity index (χ4n) is 2.58. The lowest BCUT2D eigenvalue weighted by atomic mass is 9.98. The third-order valence-electron chi connectivity index (χ3n) is 3.51. The Bertz CT molecular complexity index is 615. The highest BCUT2D eigenvalue weighted by Gasteiger charge is 2.30. The molecule has 1 aromatic heterocycles. The summed E-state index contributed by atoms with van der Waals surface area (Å²) in [6.07, 6.45) is 0.948. The van der Waals surface area contributed by atoms with Gasteiger partial charge in [-0.15, -0.1) is 22.9 Å². The van der Waals surface area contributed by atoms with Crippen LogP contribution in [-0.2, 0) is 6.42 Å². The second-order valence-electron chi connectivity index (χ2n) is 5.74. The van der Waals surface area contributed by atoms with E-state index < -0.39 is 0 Å². The van der Waals surface area contributed by atoms with Crippen LogP contribution in [0.1, 0.15) is 40.8 Å². The van der Waals surface area contributed by atoms with E-state index in [9.17, 15) is 0 Å². The normalized spacial score (nSPS) is 17.9. The topological polar surface area (TPSA) is 9.23 Å². The van der Waals surface area contributed by atoms with Gasteiger partial charge in [0.1, 0.15) is 11.4 Å². The summed E-state index contributed by atoms with van der Waals surface area (Å²) >= 11 is 8.34. The lowest BCUT2D eigenvalue weighted by molar-refractivity contribution is 0.138. The summed E-state index contributed by atoms with van der Waals surface area (Å²) in [5.74, 6) is 1.00. The van der Waals surface area contributed by atoms with Crippen LogP contribution < -0.4 is 4.74 Å². The lowest BCUT2D eigenvalue weighted by Gasteiger charge is -2.16. The molecule has 0 aliphatic carbocycles. The minimum Gasteiger partial charge on any atom is -0.487 e. The molecule has 0 bridgehead atoms. The van der Waals surface area contributed by atoms with Crippen molar-refractivity contribution < 1.29 is 4.74 Å². The first-order valence-electron chi connectivity index (χ1n) is 6.46. The molecule has 1 aliphatic heterocycles. The van der Waals surface area contributed by atoms with E-state index in [-0.39, 0.29) is 11.0 Å². The van der Waals surface area contributed by atoms with Gasteiger partial charge in [-0.3, -0.25) is 0 Å². The predicted octanol–water partition coefficient (Wildman–Crippen LogP) is 5.10. The number of fused-ring (bicyclic) bond motifs is 1. The van der Waals surface area contributed by atoms with E-state index in [1.165, 1.54) is 16.0 Å². The number of thiophene rings is 1. The summed E-state index contributed by atoms with van der Waals surface area (Å²) < 4.78 is 5.90. The average Bonchev–Trinajstić information content (AvgIpc) is 2.88. The Hall–Kier alpha value is -0.990. The van der Waals surface area contributed by atoms with Crippen molar-refractivity contribution in [1.82, 2.24) is 0 Å². The second-order valence-corrected chi connectivity index (χ2v) is 7.12. The molecule has 1 aromatic carbocycles. The van der Waals surface area contributed by atoms with Crippen LogP contribution in [0.25, 0.3) is 0 Å². The Morgan fingerprint density at radius 2 is 2.11 bits per heavy atom. The van der Waals surface area contributed by atoms with Crippen LogP contribution in [0.2, 0.25) is 0 Å². The Morgan fingerprint density at radius 1 is 1.32 bits per heavy atom. The third kappa shape index (κ3) is 2.39. The molecule has 1 aliphatic rings.